The minimum absolute atomic E-state index is 0.760. The third kappa shape index (κ3) is 7.14. The van der Waals surface area contributed by atoms with Gasteiger partial charge in [0.15, 0.2) is 0 Å². The Labute approximate surface area is 116 Å². The van der Waals surface area contributed by atoms with Crippen molar-refractivity contribution in [2.75, 3.05) is 26.2 Å². The first-order chi connectivity index (χ1) is 8.72. The molecule has 0 unspecified atom stereocenters. The maximum atomic E-state index is 3.51. The molecule has 1 heterocycles. The molecule has 0 spiro atoms. The van der Waals surface area contributed by atoms with Crippen LogP contribution in [-0.4, -0.2) is 31.1 Å². The molecule has 0 aliphatic heterocycles. The molecule has 18 heavy (non-hydrogen) atoms. The van der Waals surface area contributed by atoms with E-state index >= 15 is 0 Å². The second kappa shape index (κ2) is 9.54. The van der Waals surface area contributed by atoms with Crippen molar-refractivity contribution >= 4 is 11.3 Å². The van der Waals surface area contributed by atoms with E-state index in [9.17, 15) is 0 Å². The summed E-state index contributed by atoms with van der Waals surface area (Å²) < 4.78 is 0. The average molecular weight is 268 g/mol. The minimum atomic E-state index is 0.760. The Hall–Kier alpha value is -0.380. The van der Waals surface area contributed by atoms with Crippen LogP contribution < -0.4 is 5.32 Å². The van der Waals surface area contributed by atoms with Gasteiger partial charge in [-0.3, -0.25) is 4.90 Å². The van der Waals surface area contributed by atoms with E-state index in [2.05, 4.69) is 48.5 Å². The average Bonchev–Trinajstić information content (AvgIpc) is 2.84. The van der Waals surface area contributed by atoms with Gasteiger partial charge in [-0.25, -0.2) is 0 Å². The van der Waals surface area contributed by atoms with Gasteiger partial charge in [-0.2, -0.15) is 0 Å². The van der Waals surface area contributed by atoms with Crippen LogP contribution in [0.5, 0.6) is 0 Å². The Kier molecular flexibility index (Phi) is 8.31. The van der Waals surface area contributed by atoms with E-state index in [0.29, 0.717) is 0 Å². The molecule has 0 saturated heterocycles. The van der Waals surface area contributed by atoms with Crippen molar-refractivity contribution in [3.63, 3.8) is 0 Å². The molecule has 1 rings (SSSR count). The van der Waals surface area contributed by atoms with Crippen LogP contribution in [0.4, 0.5) is 0 Å². The lowest BCUT2D eigenvalue weighted by molar-refractivity contribution is 0.275. The Morgan fingerprint density at radius 3 is 2.78 bits per heavy atom. The highest BCUT2D eigenvalue weighted by Gasteiger charge is 2.03. The highest BCUT2D eigenvalue weighted by atomic mass is 32.1. The summed E-state index contributed by atoms with van der Waals surface area (Å²) >= 11 is 1.86. The fourth-order valence-electron chi connectivity index (χ4n) is 1.95. The molecule has 1 aromatic rings. The summed E-state index contributed by atoms with van der Waals surface area (Å²) in [4.78, 5) is 4.02. The molecule has 0 amide bonds. The second-order valence-electron chi connectivity index (χ2n) is 5.25. The van der Waals surface area contributed by atoms with Crippen molar-refractivity contribution in [1.29, 1.82) is 0 Å². The Morgan fingerprint density at radius 1 is 1.33 bits per heavy atom. The first-order valence-electron chi connectivity index (χ1n) is 7.17. The van der Waals surface area contributed by atoms with Crippen LogP contribution in [-0.2, 0) is 6.54 Å². The van der Waals surface area contributed by atoms with Gasteiger partial charge in [-0.15, -0.1) is 11.3 Å². The van der Waals surface area contributed by atoms with Crippen molar-refractivity contribution < 1.29 is 0 Å². The Balaban J connectivity index is 2.05. The van der Waals surface area contributed by atoms with Crippen LogP contribution in [0, 0.1) is 5.92 Å². The SMILES string of the molecule is CCN(CCCCNCC(C)C)Cc1cccs1. The quantitative estimate of drug-likeness (QED) is 0.652. The van der Waals surface area contributed by atoms with Gasteiger partial charge >= 0.3 is 0 Å². The molecule has 2 nitrogen and oxygen atoms in total. The van der Waals surface area contributed by atoms with Crippen molar-refractivity contribution in [3.8, 4) is 0 Å². The first kappa shape index (κ1) is 15.7. The van der Waals surface area contributed by atoms with Crippen LogP contribution in [0.1, 0.15) is 38.5 Å². The zero-order valence-electron chi connectivity index (χ0n) is 12.1. The van der Waals surface area contributed by atoms with Crippen molar-refractivity contribution in [1.82, 2.24) is 10.2 Å². The first-order valence-corrected chi connectivity index (χ1v) is 8.05. The molecular weight excluding hydrogens is 240 g/mol. The lowest BCUT2D eigenvalue weighted by atomic mass is 10.2. The number of unbranched alkanes of at least 4 members (excludes halogenated alkanes) is 1. The largest absolute Gasteiger partial charge is 0.316 e. The van der Waals surface area contributed by atoms with Gasteiger partial charge in [0.05, 0.1) is 0 Å². The molecule has 104 valence electrons. The van der Waals surface area contributed by atoms with E-state index in [1.165, 1.54) is 24.3 Å². The highest BCUT2D eigenvalue weighted by Crippen LogP contribution is 2.12. The van der Waals surface area contributed by atoms with Crippen molar-refractivity contribution in [3.05, 3.63) is 22.4 Å². The summed E-state index contributed by atoms with van der Waals surface area (Å²) in [5, 5.41) is 5.67. The monoisotopic (exact) mass is 268 g/mol. The molecule has 0 bridgehead atoms. The molecule has 0 aliphatic carbocycles. The normalized spacial score (nSPS) is 11.6. The second-order valence-corrected chi connectivity index (χ2v) is 6.29. The number of thiophene rings is 1. The molecule has 0 fully saturated rings. The summed E-state index contributed by atoms with van der Waals surface area (Å²) in [6.07, 6.45) is 2.58. The molecule has 0 aromatic carbocycles. The number of nitrogens with one attached hydrogen (secondary N) is 1. The smallest absolute Gasteiger partial charge is 0.0327 e. The third-order valence-electron chi connectivity index (χ3n) is 3.04. The summed E-state index contributed by atoms with van der Waals surface area (Å²) in [7, 11) is 0. The van der Waals surface area contributed by atoms with Gasteiger partial charge in [0.2, 0.25) is 0 Å². The summed E-state index contributed by atoms with van der Waals surface area (Å²) in [6, 6.07) is 4.38. The van der Waals surface area contributed by atoms with Gasteiger partial charge in [-0.05, 0) is 56.4 Å². The maximum Gasteiger partial charge on any atom is 0.0327 e. The van der Waals surface area contributed by atoms with E-state index in [-0.39, 0.29) is 0 Å². The number of hydrogen-bond donors (Lipinski definition) is 1. The maximum absolute atomic E-state index is 3.51. The lowest BCUT2D eigenvalue weighted by Gasteiger charge is -2.19. The Morgan fingerprint density at radius 2 is 2.17 bits per heavy atom. The molecular formula is C15H28N2S. The molecule has 0 saturated carbocycles. The molecule has 0 aliphatic rings. The molecule has 0 radical (unpaired) electrons. The van der Waals surface area contributed by atoms with E-state index < -0.39 is 0 Å². The predicted octanol–water partition coefficient (Wildman–Crippen LogP) is 3.60. The number of rotatable bonds is 10. The van der Waals surface area contributed by atoms with Gasteiger partial charge < -0.3 is 5.32 Å². The standard InChI is InChI=1S/C15H28N2S/c1-4-17(13-15-8-7-11-18-15)10-6-5-9-16-12-14(2)3/h7-8,11,14,16H,4-6,9-10,12-13H2,1-3H3. The Bertz CT molecular complexity index is 283. The summed E-state index contributed by atoms with van der Waals surface area (Å²) in [6.45, 7) is 12.6. The molecule has 1 N–H and O–H groups in total. The third-order valence-corrected chi connectivity index (χ3v) is 3.90. The van der Waals surface area contributed by atoms with E-state index in [4.69, 9.17) is 0 Å². The predicted molar refractivity (Wildman–Crippen MR) is 82.2 cm³/mol. The van der Waals surface area contributed by atoms with Crippen LogP contribution >= 0.6 is 11.3 Å². The summed E-state index contributed by atoms with van der Waals surface area (Å²) in [5.41, 5.74) is 0. The fraction of sp³-hybridized carbons (Fsp3) is 0.733. The summed E-state index contributed by atoms with van der Waals surface area (Å²) in [5.74, 6) is 0.760. The van der Waals surface area contributed by atoms with Gasteiger partial charge in [-0.1, -0.05) is 26.8 Å². The van der Waals surface area contributed by atoms with Crippen molar-refractivity contribution in [2.24, 2.45) is 5.92 Å². The fourth-order valence-corrected chi connectivity index (χ4v) is 2.69. The zero-order valence-corrected chi connectivity index (χ0v) is 12.9. The van der Waals surface area contributed by atoms with E-state index in [1.54, 1.807) is 0 Å². The lowest BCUT2D eigenvalue weighted by Crippen LogP contribution is -2.25. The van der Waals surface area contributed by atoms with E-state index in [1.807, 2.05) is 11.3 Å². The topological polar surface area (TPSA) is 15.3 Å². The van der Waals surface area contributed by atoms with Gasteiger partial charge in [0, 0.05) is 11.4 Å². The van der Waals surface area contributed by atoms with E-state index in [0.717, 1.165) is 32.1 Å². The van der Waals surface area contributed by atoms with Crippen LogP contribution in [0.15, 0.2) is 17.5 Å². The van der Waals surface area contributed by atoms with Crippen LogP contribution in [0.25, 0.3) is 0 Å². The number of hydrogen-bond acceptors (Lipinski definition) is 3. The number of nitrogens with zero attached hydrogens (tertiary/aromatic N) is 1. The minimum Gasteiger partial charge on any atom is -0.316 e. The molecule has 0 atom stereocenters. The van der Waals surface area contributed by atoms with Gasteiger partial charge in [0.25, 0.3) is 0 Å². The molecule has 1 aromatic heterocycles. The zero-order chi connectivity index (χ0) is 13.2. The van der Waals surface area contributed by atoms with Crippen LogP contribution in [0.3, 0.4) is 0 Å². The van der Waals surface area contributed by atoms with Crippen LogP contribution in [0.2, 0.25) is 0 Å². The van der Waals surface area contributed by atoms with Gasteiger partial charge in [0.1, 0.15) is 0 Å². The highest BCUT2D eigenvalue weighted by molar-refractivity contribution is 7.09. The molecule has 3 heteroatoms. The van der Waals surface area contributed by atoms with Crippen molar-refractivity contribution in [2.45, 2.75) is 40.2 Å².